The molecule has 130 valence electrons. The van der Waals surface area contributed by atoms with Crippen LogP contribution in [0.15, 0.2) is 30.3 Å². The van der Waals surface area contributed by atoms with Gasteiger partial charge in [-0.2, -0.15) is 13.2 Å². The first kappa shape index (κ1) is 18.1. The number of hydrazine groups is 1. The standard InChI is InChI=1S/C18H21F3N2O/c1-11-8-13(3)17(9-12(11)2)24-10-14-15(18(19,20)21)6-5-7-16(14)23(4)22/h5-9H,10,22H2,1-4H3. The number of benzene rings is 2. The van der Waals surface area contributed by atoms with Crippen LogP contribution in [0, 0.1) is 20.8 Å². The average Bonchev–Trinajstić information content (AvgIpc) is 2.48. The van der Waals surface area contributed by atoms with Crippen LogP contribution in [-0.4, -0.2) is 7.05 Å². The third-order valence-corrected chi connectivity index (χ3v) is 4.00. The zero-order chi connectivity index (χ0) is 18.1. The zero-order valence-electron chi connectivity index (χ0n) is 14.2. The normalized spacial score (nSPS) is 11.5. The van der Waals surface area contributed by atoms with Gasteiger partial charge in [-0.3, -0.25) is 0 Å². The van der Waals surface area contributed by atoms with Gasteiger partial charge in [0.2, 0.25) is 0 Å². The van der Waals surface area contributed by atoms with Crippen molar-refractivity contribution in [2.45, 2.75) is 33.6 Å². The van der Waals surface area contributed by atoms with Gasteiger partial charge in [-0.05, 0) is 55.7 Å². The van der Waals surface area contributed by atoms with Gasteiger partial charge in [0, 0.05) is 12.6 Å². The Bertz CT molecular complexity index is 740. The maximum atomic E-state index is 13.3. The molecule has 0 aromatic heterocycles. The fraction of sp³-hybridized carbons (Fsp3) is 0.333. The van der Waals surface area contributed by atoms with E-state index in [0.717, 1.165) is 22.8 Å². The lowest BCUT2D eigenvalue weighted by molar-refractivity contribution is -0.138. The molecule has 2 aromatic carbocycles. The Morgan fingerprint density at radius 3 is 2.25 bits per heavy atom. The number of aryl methyl sites for hydroxylation is 3. The molecule has 0 bridgehead atoms. The molecule has 0 saturated carbocycles. The van der Waals surface area contributed by atoms with Gasteiger partial charge >= 0.3 is 6.18 Å². The van der Waals surface area contributed by atoms with Crippen LogP contribution in [0.5, 0.6) is 5.75 Å². The van der Waals surface area contributed by atoms with Crippen LogP contribution in [0.4, 0.5) is 18.9 Å². The number of alkyl halides is 3. The van der Waals surface area contributed by atoms with Gasteiger partial charge in [0.15, 0.2) is 0 Å². The maximum absolute atomic E-state index is 13.3. The summed E-state index contributed by atoms with van der Waals surface area (Å²) < 4.78 is 45.6. The van der Waals surface area contributed by atoms with E-state index in [1.54, 1.807) is 6.07 Å². The van der Waals surface area contributed by atoms with Crippen molar-refractivity contribution in [1.82, 2.24) is 0 Å². The molecule has 0 aliphatic heterocycles. The first-order chi connectivity index (χ1) is 11.1. The van der Waals surface area contributed by atoms with Gasteiger partial charge in [0.25, 0.3) is 0 Å². The van der Waals surface area contributed by atoms with E-state index >= 15 is 0 Å². The van der Waals surface area contributed by atoms with Crippen molar-refractivity contribution < 1.29 is 17.9 Å². The number of rotatable bonds is 4. The molecule has 0 unspecified atom stereocenters. The molecule has 0 aliphatic rings. The van der Waals surface area contributed by atoms with Crippen LogP contribution in [0.1, 0.15) is 27.8 Å². The smallest absolute Gasteiger partial charge is 0.416 e. The summed E-state index contributed by atoms with van der Waals surface area (Å²) in [5, 5.41) is 1.17. The van der Waals surface area contributed by atoms with E-state index in [-0.39, 0.29) is 17.9 Å². The number of halogens is 3. The Hall–Kier alpha value is -2.21. The van der Waals surface area contributed by atoms with Crippen molar-refractivity contribution >= 4 is 5.69 Å². The molecule has 0 saturated heterocycles. The van der Waals surface area contributed by atoms with Crippen LogP contribution in [0.25, 0.3) is 0 Å². The molecule has 0 heterocycles. The molecule has 2 aromatic rings. The van der Waals surface area contributed by atoms with Crippen LogP contribution in [0.3, 0.4) is 0 Å². The molecule has 24 heavy (non-hydrogen) atoms. The zero-order valence-corrected chi connectivity index (χ0v) is 14.2. The number of nitrogens with zero attached hydrogens (tertiary/aromatic N) is 1. The van der Waals surface area contributed by atoms with Crippen LogP contribution >= 0.6 is 0 Å². The number of hydrogen-bond donors (Lipinski definition) is 1. The summed E-state index contributed by atoms with van der Waals surface area (Å²) in [4.78, 5) is 0. The Morgan fingerprint density at radius 2 is 1.67 bits per heavy atom. The first-order valence-electron chi connectivity index (χ1n) is 7.49. The van der Waals surface area contributed by atoms with E-state index < -0.39 is 11.7 Å². The predicted molar refractivity (Wildman–Crippen MR) is 89.0 cm³/mol. The third kappa shape index (κ3) is 3.82. The molecular formula is C18H21F3N2O. The Labute approximate surface area is 139 Å². The van der Waals surface area contributed by atoms with E-state index in [1.807, 2.05) is 32.9 Å². The minimum Gasteiger partial charge on any atom is -0.489 e. The van der Waals surface area contributed by atoms with E-state index in [4.69, 9.17) is 10.6 Å². The van der Waals surface area contributed by atoms with Crippen LogP contribution in [0.2, 0.25) is 0 Å². The topological polar surface area (TPSA) is 38.5 Å². The lowest BCUT2D eigenvalue weighted by Crippen LogP contribution is -2.27. The average molecular weight is 338 g/mol. The van der Waals surface area contributed by atoms with E-state index in [9.17, 15) is 13.2 Å². The predicted octanol–water partition coefficient (Wildman–Crippen LogP) is 4.52. The summed E-state index contributed by atoms with van der Waals surface area (Å²) >= 11 is 0. The third-order valence-electron chi connectivity index (χ3n) is 4.00. The van der Waals surface area contributed by atoms with Gasteiger partial charge in [-0.1, -0.05) is 12.1 Å². The minimum atomic E-state index is -4.47. The van der Waals surface area contributed by atoms with Crippen LogP contribution < -0.4 is 15.6 Å². The van der Waals surface area contributed by atoms with Gasteiger partial charge in [-0.15, -0.1) is 0 Å². The Morgan fingerprint density at radius 1 is 1.04 bits per heavy atom. The van der Waals surface area contributed by atoms with E-state index in [0.29, 0.717) is 5.75 Å². The quantitative estimate of drug-likeness (QED) is 0.658. The van der Waals surface area contributed by atoms with Gasteiger partial charge in [0.05, 0.1) is 11.3 Å². The molecule has 0 radical (unpaired) electrons. The second kappa shape index (κ2) is 6.73. The molecule has 0 spiro atoms. The molecule has 2 N–H and O–H groups in total. The number of hydrogen-bond acceptors (Lipinski definition) is 3. The number of ether oxygens (including phenoxy) is 1. The number of anilines is 1. The van der Waals surface area contributed by atoms with E-state index in [1.165, 1.54) is 18.1 Å². The highest BCUT2D eigenvalue weighted by molar-refractivity contribution is 5.56. The SMILES string of the molecule is Cc1cc(C)c(OCc2c(N(C)N)cccc2C(F)(F)F)cc1C. The monoisotopic (exact) mass is 338 g/mol. The summed E-state index contributed by atoms with van der Waals surface area (Å²) in [7, 11) is 1.50. The van der Waals surface area contributed by atoms with Gasteiger partial charge < -0.3 is 9.75 Å². The van der Waals surface area contributed by atoms with Crippen molar-refractivity contribution in [3.63, 3.8) is 0 Å². The molecule has 0 atom stereocenters. The summed E-state index contributed by atoms with van der Waals surface area (Å²) in [5.41, 5.74) is 2.58. The fourth-order valence-corrected chi connectivity index (χ4v) is 2.56. The van der Waals surface area contributed by atoms with Gasteiger partial charge in [0.1, 0.15) is 12.4 Å². The highest BCUT2D eigenvalue weighted by atomic mass is 19.4. The van der Waals surface area contributed by atoms with Crippen molar-refractivity contribution in [3.8, 4) is 5.75 Å². The highest BCUT2D eigenvalue weighted by Crippen LogP contribution is 2.36. The summed E-state index contributed by atoms with van der Waals surface area (Å²) in [5.74, 6) is 6.25. The summed E-state index contributed by atoms with van der Waals surface area (Å²) in [6.45, 7) is 5.57. The second-order valence-electron chi connectivity index (χ2n) is 5.90. The molecule has 6 heteroatoms. The molecule has 3 nitrogen and oxygen atoms in total. The van der Waals surface area contributed by atoms with Crippen molar-refractivity contribution in [1.29, 1.82) is 0 Å². The van der Waals surface area contributed by atoms with Gasteiger partial charge in [-0.25, -0.2) is 5.84 Å². The largest absolute Gasteiger partial charge is 0.489 e. The van der Waals surface area contributed by atoms with Crippen molar-refractivity contribution in [2.24, 2.45) is 5.84 Å². The van der Waals surface area contributed by atoms with Crippen molar-refractivity contribution in [2.75, 3.05) is 12.1 Å². The summed E-state index contributed by atoms with van der Waals surface area (Å²) in [6, 6.07) is 7.72. The molecule has 0 amide bonds. The molecule has 0 aliphatic carbocycles. The maximum Gasteiger partial charge on any atom is 0.416 e. The lowest BCUT2D eigenvalue weighted by atomic mass is 10.0. The van der Waals surface area contributed by atoms with E-state index in [2.05, 4.69) is 0 Å². The molecule has 2 rings (SSSR count). The Kier molecular flexibility index (Phi) is 5.08. The Balaban J connectivity index is 2.40. The highest BCUT2D eigenvalue weighted by Gasteiger charge is 2.34. The first-order valence-corrected chi connectivity index (χ1v) is 7.49. The number of nitrogens with two attached hydrogens (primary N) is 1. The summed E-state index contributed by atoms with van der Waals surface area (Å²) in [6.07, 6.45) is -4.47. The fourth-order valence-electron chi connectivity index (χ4n) is 2.56. The molecular weight excluding hydrogens is 317 g/mol. The lowest BCUT2D eigenvalue weighted by Gasteiger charge is -2.22. The van der Waals surface area contributed by atoms with Crippen LogP contribution in [-0.2, 0) is 12.8 Å². The minimum absolute atomic E-state index is 0.0210. The second-order valence-corrected chi connectivity index (χ2v) is 5.90. The molecule has 0 fully saturated rings. The van der Waals surface area contributed by atoms with Crippen molar-refractivity contribution in [3.05, 3.63) is 58.1 Å².